The second-order valence-corrected chi connectivity index (χ2v) is 6.98. The number of carbonyl (C=O) groups excluding carboxylic acids is 2. The van der Waals surface area contributed by atoms with Gasteiger partial charge in [-0.15, -0.1) is 0 Å². The van der Waals surface area contributed by atoms with Crippen molar-refractivity contribution in [3.05, 3.63) is 102 Å². The van der Waals surface area contributed by atoms with Crippen LogP contribution in [0.15, 0.2) is 84.8 Å². The first-order valence-electron chi connectivity index (χ1n) is 9.83. The zero-order valence-electron chi connectivity index (χ0n) is 17.0. The maximum atomic E-state index is 12.6. The maximum absolute atomic E-state index is 12.6. The van der Waals surface area contributed by atoms with Gasteiger partial charge in [-0.25, -0.2) is 0 Å². The SMILES string of the molecule is CN1C(=O)/C(=C/c2cccc(/C=C/C(=O)NCc3ccccn3)c2)Oc2ccccc21. The second-order valence-electron chi connectivity index (χ2n) is 6.98. The lowest BCUT2D eigenvalue weighted by atomic mass is 10.1. The van der Waals surface area contributed by atoms with Crippen LogP contribution < -0.4 is 15.0 Å². The maximum Gasteiger partial charge on any atom is 0.293 e. The van der Waals surface area contributed by atoms with Crippen LogP contribution in [0.1, 0.15) is 16.8 Å². The van der Waals surface area contributed by atoms with Crippen LogP contribution in [-0.2, 0) is 16.1 Å². The van der Waals surface area contributed by atoms with E-state index in [-0.39, 0.29) is 17.6 Å². The van der Waals surface area contributed by atoms with E-state index in [4.69, 9.17) is 4.74 Å². The van der Waals surface area contributed by atoms with Crippen molar-refractivity contribution in [2.45, 2.75) is 6.54 Å². The van der Waals surface area contributed by atoms with Gasteiger partial charge in [0.2, 0.25) is 5.91 Å². The topological polar surface area (TPSA) is 71.5 Å². The summed E-state index contributed by atoms with van der Waals surface area (Å²) in [5, 5.41) is 2.80. The molecule has 0 spiro atoms. The van der Waals surface area contributed by atoms with Crippen molar-refractivity contribution in [1.82, 2.24) is 10.3 Å². The number of nitrogens with one attached hydrogen (secondary N) is 1. The van der Waals surface area contributed by atoms with Crippen LogP contribution in [0, 0.1) is 0 Å². The summed E-state index contributed by atoms with van der Waals surface area (Å²) in [7, 11) is 1.72. The number of amides is 2. The van der Waals surface area contributed by atoms with E-state index in [1.165, 1.54) is 6.08 Å². The highest BCUT2D eigenvalue weighted by molar-refractivity contribution is 6.09. The van der Waals surface area contributed by atoms with Gasteiger partial charge in [0.15, 0.2) is 11.5 Å². The minimum absolute atomic E-state index is 0.210. The van der Waals surface area contributed by atoms with Gasteiger partial charge in [-0.2, -0.15) is 0 Å². The number of fused-ring (bicyclic) bond motifs is 1. The molecule has 0 atom stereocenters. The minimum atomic E-state index is -0.214. The first-order valence-corrected chi connectivity index (χ1v) is 9.83. The van der Waals surface area contributed by atoms with Gasteiger partial charge in [0, 0.05) is 19.3 Å². The number of benzene rings is 2. The molecule has 0 saturated carbocycles. The van der Waals surface area contributed by atoms with Crippen molar-refractivity contribution >= 4 is 29.7 Å². The predicted molar refractivity (Wildman–Crippen MR) is 120 cm³/mol. The number of carbonyl (C=O) groups is 2. The highest BCUT2D eigenvalue weighted by atomic mass is 16.5. The summed E-state index contributed by atoms with van der Waals surface area (Å²) in [6.45, 7) is 0.366. The normalized spacial score (nSPS) is 14.4. The summed E-state index contributed by atoms with van der Waals surface area (Å²) in [6.07, 6.45) is 6.59. The number of hydrogen-bond donors (Lipinski definition) is 1. The molecular weight excluding hydrogens is 390 g/mol. The van der Waals surface area contributed by atoms with Gasteiger partial charge in [0.25, 0.3) is 5.91 Å². The Balaban J connectivity index is 1.45. The molecule has 3 aromatic rings. The molecule has 154 valence electrons. The number of aromatic nitrogens is 1. The molecule has 0 unspecified atom stereocenters. The summed E-state index contributed by atoms with van der Waals surface area (Å²) >= 11 is 0. The predicted octanol–water partition coefficient (Wildman–Crippen LogP) is 3.81. The summed E-state index contributed by atoms with van der Waals surface area (Å²) in [4.78, 5) is 30.5. The standard InChI is InChI=1S/C25H21N3O3/c1-28-21-10-2-3-11-22(21)31-23(25(28)30)16-19-8-6-7-18(15-19)12-13-24(29)27-17-20-9-4-5-14-26-20/h2-16H,17H2,1H3,(H,27,29)/b13-12+,23-16-. The number of ether oxygens (including phenoxy) is 1. The zero-order valence-corrected chi connectivity index (χ0v) is 17.0. The molecule has 1 aliphatic heterocycles. The quantitative estimate of drug-likeness (QED) is 0.648. The molecule has 1 aliphatic rings. The Morgan fingerprint density at radius 1 is 1.06 bits per heavy atom. The van der Waals surface area contributed by atoms with E-state index in [2.05, 4.69) is 10.3 Å². The summed E-state index contributed by atoms with van der Waals surface area (Å²) in [5.41, 5.74) is 3.16. The minimum Gasteiger partial charge on any atom is -0.449 e. The van der Waals surface area contributed by atoms with Crippen molar-refractivity contribution < 1.29 is 14.3 Å². The van der Waals surface area contributed by atoms with Gasteiger partial charge < -0.3 is 15.0 Å². The molecule has 6 nitrogen and oxygen atoms in total. The van der Waals surface area contributed by atoms with Gasteiger partial charge in [-0.05, 0) is 53.6 Å². The second kappa shape index (κ2) is 9.09. The highest BCUT2D eigenvalue weighted by Crippen LogP contribution is 2.34. The van der Waals surface area contributed by atoms with Crippen LogP contribution in [0.5, 0.6) is 5.75 Å². The van der Waals surface area contributed by atoms with E-state index in [1.54, 1.807) is 30.3 Å². The fraction of sp³-hybridized carbons (Fsp3) is 0.0800. The number of rotatable bonds is 5. The van der Waals surface area contributed by atoms with Gasteiger partial charge in [-0.1, -0.05) is 36.4 Å². The number of pyridine rings is 1. The Morgan fingerprint density at radius 3 is 2.71 bits per heavy atom. The average Bonchev–Trinajstić information content (AvgIpc) is 2.81. The Kier molecular flexibility index (Phi) is 5.89. The smallest absolute Gasteiger partial charge is 0.293 e. The molecule has 6 heteroatoms. The fourth-order valence-corrected chi connectivity index (χ4v) is 3.16. The lowest BCUT2D eigenvalue weighted by molar-refractivity contribution is -0.117. The molecule has 0 fully saturated rings. The molecule has 2 amide bonds. The van der Waals surface area contributed by atoms with Crippen molar-refractivity contribution in [3.8, 4) is 5.75 Å². The summed E-state index contributed by atoms with van der Waals surface area (Å²) in [5.74, 6) is 0.457. The number of para-hydroxylation sites is 2. The molecule has 31 heavy (non-hydrogen) atoms. The van der Waals surface area contributed by atoms with Crippen LogP contribution in [0.25, 0.3) is 12.2 Å². The first-order chi connectivity index (χ1) is 15.1. The molecule has 0 saturated heterocycles. The van der Waals surface area contributed by atoms with Crippen LogP contribution in [0.4, 0.5) is 5.69 Å². The number of hydrogen-bond acceptors (Lipinski definition) is 4. The number of nitrogens with zero attached hydrogens (tertiary/aromatic N) is 2. The third kappa shape index (κ3) is 4.87. The third-order valence-corrected chi connectivity index (χ3v) is 4.77. The molecule has 1 N–H and O–H groups in total. The molecule has 0 bridgehead atoms. The summed E-state index contributed by atoms with van der Waals surface area (Å²) < 4.78 is 5.81. The molecule has 0 aliphatic carbocycles. The van der Waals surface area contributed by atoms with Gasteiger partial charge in [-0.3, -0.25) is 14.6 Å². The van der Waals surface area contributed by atoms with E-state index < -0.39 is 0 Å². The lowest BCUT2D eigenvalue weighted by Gasteiger charge is -2.27. The average molecular weight is 411 g/mol. The monoisotopic (exact) mass is 411 g/mol. The van der Waals surface area contributed by atoms with E-state index in [0.29, 0.717) is 12.3 Å². The zero-order chi connectivity index (χ0) is 21.6. The van der Waals surface area contributed by atoms with Gasteiger partial charge in [0.1, 0.15) is 0 Å². The van der Waals surface area contributed by atoms with E-state index in [0.717, 1.165) is 22.5 Å². The van der Waals surface area contributed by atoms with Crippen molar-refractivity contribution in [2.75, 3.05) is 11.9 Å². The van der Waals surface area contributed by atoms with Crippen LogP contribution >= 0.6 is 0 Å². The van der Waals surface area contributed by atoms with Gasteiger partial charge in [0.05, 0.1) is 17.9 Å². The molecule has 0 radical (unpaired) electrons. The van der Waals surface area contributed by atoms with Gasteiger partial charge >= 0.3 is 0 Å². The van der Waals surface area contributed by atoms with E-state index in [9.17, 15) is 9.59 Å². The summed E-state index contributed by atoms with van der Waals surface area (Å²) in [6, 6.07) is 20.5. The van der Waals surface area contributed by atoms with Crippen LogP contribution in [0.2, 0.25) is 0 Å². The van der Waals surface area contributed by atoms with E-state index in [1.807, 2.05) is 66.7 Å². The van der Waals surface area contributed by atoms with Crippen molar-refractivity contribution in [2.24, 2.45) is 0 Å². The van der Waals surface area contributed by atoms with Crippen molar-refractivity contribution in [1.29, 1.82) is 0 Å². The lowest BCUT2D eigenvalue weighted by Crippen LogP contribution is -2.33. The van der Waals surface area contributed by atoms with Crippen LogP contribution in [-0.4, -0.2) is 23.8 Å². The van der Waals surface area contributed by atoms with Crippen LogP contribution in [0.3, 0.4) is 0 Å². The Labute approximate surface area is 180 Å². The Bertz CT molecular complexity index is 1170. The first kappa shape index (κ1) is 20.1. The fourth-order valence-electron chi connectivity index (χ4n) is 3.16. The molecular formula is C25H21N3O3. The molecule has 2 heterocycles. The molecule has 1 aromatic heterocycles. The Morgan fingerprint density at radius 2 is 1.87 bits per heavy atom. The molecule has 4 rings (SSSR count). The number of likely N-dealkylation sites (N-methyl/N-ethyl adjacent to an activating group) is 1. The molecule has 2 aromatic carbocycles. The number of anilines is 1. The largest absolute Gasteiger partial charge is 0.449 e. The third-order valence-electron chi connectivity index (χ3n) is 4.77. The van der Waals surface area contributed by atoms with E-state index >= 15 is 0 Å². The highest BCUT2D eigenvalue weighted by Gasteiger charge is 2.27. The Hall–Kier alpha value is -4.19. The van der Waals surface area contributed by atoms with Crippen molar-refractivity contribution in [3.63, 3.8) is 0 Å².